The molecule has 0 radical (unpaired) electrons. The Kier molecular flexibility index (Phi) is 4.84. The summed E-state index contributed by atoms with van der Waals surface area (Å²) in [5.41, 5.74) is 0. The second-order valence-corrected chi connectivity index (χ2v) is 4.38. The molecule has 0 aliphatic heterocycles. The highest BCUT2D eigenvalue weighted by Crippen LogP contribution is 2.10. The molecule has 0 fully saturated rings. The Morgan fingerprint density at radius 3 is 3.00 bits per heavy atom. The predicted octanol–water partition coefficient (Wildman–Crippen LogP) is 2.88. The smallest absolute Gasteiger partial charge is 0.161 e. The lowest BCUT2D eigenvalue weighted by molar-refractivity contribution is -0.127. The SMILES string of the molecule is CCC(C)C(=O)COCc1cccs1. The summed E-state index contributed by atoms with van der Waals surface area (Å²) in [6.07, 6.45) is 0.890. The Morgan fingerprint density at radius 1 is 1.64 bits per heavy atom. The number of hydrogen-bond acceptors (Lipinski definition) is 3. The fraction of sp³-hybridized carbons (Fsp3) is 0.545. The fourth-order valence-electron chi connectivity index (χ4n) is 1.02. The van der Waals surface area contributed by atoms with Gasteiger partial charge in [0.05, 0.1) is 6.61 Å². The van der Waals surface area contributed by atoms with Gasteiger partial charge in [-0.05, 0) is 17.9 Å². The average Bonchev–Trinajstić information content (AvgIpc) is 2.69. The van der Waals surface area contributed by atoms with Gasteiger partial charge in [-0.1, -0.05) is 19.9 Å². The minimum absolute atomic E-state index is 0.123. The number of carbonyl (C=O) groups excluding carboxylic acids is 1. The zero-order chi connectivity index (χ0) is 10.4. The van der Waals surface area contributed by atoms with E-state index in [1.165, 1.54) is 4.88 Å². The molecule has 1 aromatic rings. The van der Waals surface area contributed by atoms with Crippen molar-refractivity contribution in [1.29, 1.82) is 0 Å². The van der Waals surface area contributed by atoms with Gasteiger partial charge in [0, 0.05) is 10.8 Å². The standard InChI is InChI=1S/C11H16O2S/c1-3-9(2)11(12)8-13-7-10-5-4-6-14-10/h4-6,9H,3,7-8H2,1-2H3. The van der Waals surface area contributed by atoms with Crippen LogP contribution in [0.2, 0.25) is 0 Å². The molecule has 0 saturated heterocycles. The van der Waals surface area contributed by atoms with Crippen molar-refractivity contribution >= 4 is 17.1 Å². The summed E-state index contributed by atoms with van der Waals surface area (Å²) in [5.74, 6) is 0.322. The first kappa shape index (κ1) is 11.4. The quantitative estimate of drug-likeness (QED) is 0.724. The molecule has 1 rings (SSSR count). The Balaban J connectivity index is 2.18. The third-order valence-corrected chi connectivity index (χ3v) is 3.08. The van der Waals surface area contributed by atoms with Gasteiger partial charge in [-0.2, -0.15) is 0 Å². The first-order chi connectivity index (χ1) is 6.74. The summed E-state index contributed by atoms with van der Waals surface area (Å²) in [5, 5.41) is 2.01. The van der Waals surface area contributed by atoms with Gasteiger partial charge >= 0.3 is 0 Å². The van der Waals surface area contributed by atoms with Crippen molar-refractivity contribution in [2.45, 2.75) is 26.9 Å². The zero-order valence-electron chi connectivity index (χ0n) is 8.66. The van der Waals surface area contributed by atoms with Crippen LogP contribution in [0.4, 0.5) is 0 Å². The largest absolute Gasteiger partial charge is 0.368 e. The molecule has 0 amide bonds. The number of ketones is 1. The Bertz CT molecular complexity index is 267. The van der Waals surface area contributed by atoms with Gasteiger partial charge < -0.3 is 4.74 Å². The lowest BCUT2D eigenvalue weighted by Gasteiger charge is -2.07. The van der Waals surface area contributed by atoms with Crippen LogP contribution in [0.25, 0.3) is 0 Å². The third-order valence-electron chi connectivity index (χ3n) is 2.23. The van der Waals surface area contributed by atoms with Crippen LogP contribution < -0.4 is 0 Å². The van der Waals surface area contributed by atoms with Crippen molar-refractivity contribution in [2.75, 3.05) is 6.61 Å². The number of Topliss-reactive ketones (excluding diaryl/α,β-unsaturated/α-hetero) is 1. The zero-order valence-corrected chi connectivity index (χ0v) is 9.47. The van der Waals surface area contributed by atoms with Crippen molar-refractivity contribution in [2.24, 2.45) is 5.92 Å². The van der Waals surface area contributed by atoms with Gasteiger partial charge in [-0.3, -0.25) is 4.79 Å². The summed E-state index contributed by atoms with van der Waals surface area (Å²) in [7, 11) is 0. The minimum Gasteiger partial charge on any atom is -0.368 e. The maximum atomic E-state index is 11.4. The van der Waals surface area contributed by atoms with Gasteiger partial charge in [-0.15, -0.1) is 11.3 Å². The van der Waals surface area contributed by atoms with Crippen LogP contribution in [0.5, 0.6) is 0 Å². The molecular weight excluding hydrogens is 196 g/mol. The molecule has 14 heavy (non-hydrogen) atoms. The molecule has 78 valence electrons. The lowest BCUT2D eigenvalue weighted by Crippen LogP contribution is -2.16. The number of thiophene rings is 1. The van der Waals surface area contributed by atoms with Crippen LogP contribution in [0.3, 0.4) is 0 Å². The molecule has 0 aromatic carbocycles. The van der Waals surface area contributed by atoms with E-state index >= 15 is 0 Å². The summed E-state index contributed by atoms with van der Waals surface area (Å²) >= 11 is 1.65. The molecule has 1 unspecified atom stereocenters. The van der Waals surface area contributed by atoms with Crippen molar-refractivity contribution in [1.82, 2.24) is 0 Å². The summed E-state index contributed by atoms with van der Waals surface area (Å²) in [6, 6.07) is 4.00. The van der Waals surface area contributed by atoms with Gasteiger partial charge in [0.2, 0.25) is 0 Å². The van der Waals surface area contributed by atoms with E-state index < -0.39 is 0 Å². The maximum Gasteiger partial charge on any atom is 0.161 e. The molecule has 1 aromatic heterocycles. The van der Waals surface area contributed by atoms with Gasteiger partial charge in [0.15, 0.2) is 5.78 Å². The van der Waals surface area contributed by atoms with Crippen molar-refractivity contribution in [3.05, 3.63) is 22.4 Å². The van der Waals surface area contributed by atoms with Crippen molar-refractivity contribution in [3.63, 3.8) is 0 Å². The van der Waals surface area contributed by atoms with Gasteiger partial charge in [0.25, 0.3) is 0 Å². The molecular formula is C11H16O2S. The normalized spacial score (nSPS) is 12.7. The second kappa shape index (κ2) is 5.94. The van der Waals surface area contributed by atoms with Crippen LogP contribution in [0, 0.1) is 5.92 Å². The lowest BCUT2D eigenvalue weighted by atomic mass is 10.1. The van der Waals surface area contributed by atoms with Crippen molar-refractivity contribution in [3.8, 4) is 0 Å². The number of hydrogen-bond donors (Lipinski definition) is 0. The summed E-state index contributed by atoms with van der Waals surface area (Å²) in [4.78, 5) is 12.5. The molecule has 3 heteroatoms. The van der Waals surface area contributed by atoms with E-state index in [-0.39, 0.29) is 18.3 Å². The van der Waals surface area contributed by atoms with E-state index in [9.17, 15) is 4.79 Å². The van der Waals surface area contributed by atoms with E-state index in [4.69, 9.17) is 4.74 Å². The molecule has 0 saturated carbocycles. The molecule has 0 aliphatic carbocycles. The molecule has 0 bridgehead atoms. The Labute approximate surface area is 88.9 Å². The third kappa shape index (κ3) is 3.60. The van der Waals surface area contributed by atoms with Crippen LogP contribution in [-0.4, -0.2) is 12.4 Å². The highest BCUT2D eigenvalue weighted by atomic mass is 32.1. The monoisotopic (exact) mass is 212 g/mol. The van der Waals surface area contributed by atoms with Crippen LogP contribution in [0.15, 0.2) is 17.5 Å². The number of rotatable bonds is 6. The van der Waals surface area contributed by atoms with E-state index in [0.29, 0.717) is 6.61 Å². The molecule has 0 aliphatic rings. The molecule has 0 spiro atoms. The first-order valence-electron chi connectivity index (χ1n) is 4.87. The Morgan fingerprint density at radius 2 is 2.43 bits per heavy atom. The van der Waals surface area contributed by atoms with E-state index in [1.807, 2.05) is 31.4 Å². The van der Waals surface area contributed by atoms with Gasteiger partial charge in [0.1, 0.15) is 6.61 Å². The number of ether oxygens (including phenoxy) is 1. The van der Waals surface area contributed by atoms with Crippen LogP contribution in [0.1, 0.15) is 25.1 Å². The molecule has 2 nitrogen and oxygen atoms in total. The minimum atomic E-state index is 0.123. The maximum absolute atomic E-state index is 11.4. The molecule has 1 heterocycles. The highest BCUT2D eigenvalue weighted by Gasteiger charge is 2.10. The van der Waals surface area contributed by atoms with Crippen LogP contribution in [-0.2, 0) is 16.1 Å². The number of carbonyl (C=O) groups is 1. The van der Waals surface area contributed by atoms with Crippen molar-refractivity contribution < 1.29 is 9.53 Å². The van der Waals surface area contributed by atoms with E-state index in [0.717, 1.165) is 6.42 Å². The van der Waals surface area contributed by atoms with E-state index in [2.05, 4.69) is 0 Å². The summed E-state index contributed by atoms with van der Waals surface area (Å²) < 4.78 is 5.32. The Hall–Kier alpha value is -0.670. The second-order valence-electron chi connectivity index (χ2n) is 3.35. The van der Waals surface area contributed by atoms with Crippen LogP contribution >= 0.6 is 11.3 Å². The van der Waals surface area contributed by atoms with Gasteiger partial charge in [-0.25, -0.2) is 0 Å². The average molecular weight is 212 g/mol. The van der Waals surface area contributed by atoms with E-state index in [1.54, 1.807) is 11.3 Å². The molecule has 1 atom stereocenters. The topological polar surface area (TPSA) is 26.3 Å². The highest BCUT2D eigenvalue weighted by molar-refractivity contribution is 7.09. The predicted molar refractivity (Wildman–Crippen MR) is 58.4 cm³/mol. The fourth-order valence-corrected chi connectivity index (χ4v) is 1.66. The molecule has 0 N–H and O–H groups in total. The summed E-state index contributed by atoms with van der Waals surface area (Å²) in [6.45, 7) is 4.76. The first-order valence-corrected chi connectivity index (χ1v) is 5.74.